The molecular weight excluding hydrogens is 198 g/mol. The van der Waals surface area contributed by atoms with Crippen molar-refractivity contribution in [3.63, 3.8) is 0 Å². The molecule has 0 bridgehead atoms. The molecule has 0 N–H and O–H groups in total. The highest BCUT2D eigenvalue weighted by molar-refractivity contribution is 5.93. The molecule has 2 heteroatoms. The van der Waals surface area contributed by atoms with Gasteiger partial charge in [-0.2, -0.15) is 0 Å². The van der Waals surface area contributed by atoms with Gasteiger partial charge in [-0.25, -0.2) is 0 Å². The van der Waals surface area contributed by atoms with Gasteiger partial charge in [-0.15, -0.1) is 0 Å². The first-order chi connectivity index (χ1) is 7.71. The summed E-state index contributed by atoms with van der Waals surface area (Å²) in [6.07, 6.45) is 0. The molecule has 0 aliphatic heterocycles. The van der Waals surface area contributed by atoms with E-state index in [1.165, 1.54) is 0 Å². The van der Waals surface area contributed by atoms with Crippen molar-refractivity contribution in [3.8, 4) is 0 Å². The van der Waals surface area contributed by atoms with Crippen LogP contribution in [-0.2, 0) is 0 Å². The summed E-state index contributed by atoms with van der Waals surface area (Å²) in [4.78, 5) is 0. The number of benzene rings is 2. The summed E-state index contributed by atoms with van der Waals surface area (Å²) < 4.78 is -0.249. The van der Waals surface area contributed by atoms with E-state index in [1.54, 1.807) is 0 Å². The van der Waals surface area contributed by atoms with Crippen LogP contribution >= 0.6 is 0 Å². The van der Waals surface area contributed by atoms with Gasteiger partial charge in [-0.05, 0) is 25.3 Å². The summed E-state index contributed by atoms with van der Waals surface area (Å²) in [6, 6.07) is 14.0. The van der Waals surface area contributed by atoms with Gasteiger partial charge in [0.15, 0.2) is 0 Å². The number of hydrogen-bond acceptors (Lipinski definition) is 1. The predicted molar refractivity (Wildman–Crippen MR) is 70.2 cm³/mol. The van der Waals surface area contributed by atoms with Crippen molar-refractivity contribution in [2.45, 2.75) is 13.8 Å². The highest BCUT2D eigenvalue weighted by atomic mass is 16.5. The van der Waals surface area contributed by atoms with Crippen molar-refractivity contribution >= 4 is 16.5 Å². The zero-order valence-electron chi connectivity index (χ0n) is 9.81. The molecule has 2 aromatic rings. The van der Waals surface area contributed by atoms with Gasteiger partial charge in [-0.3, -0.25) is 0 Å². The second-order valence-electron chi connectivity index (χ2n) is 4.02. The lowest BCUT2D eigenvalue weighted by atomic mass is 10.1. The molecule has 0 fully saturated rings. The summed E-state index contributed by atoms with van der Waals surface area (Å²) in [5, 5.41) is 14.8. The van der Waals surface area contributed by atoms with Crippen molar-refractivity contribution in [2.24, 2.45) is 0 Å². The van der Waals surface area contributed by atoms with E-state index >= 15 is 0 Å². The minimum absolute atomic E-state index is 0.249. The molecule has 0 radical (unpaired) electrons. The zero-order chi connectivity index (χ0) is 11.6. The fourth-order valence-corrected chi connectivity index (χ4v) is 2.13. The van der Waals surface area contributed by atoms with Gasteiger partial charge in [0.1, 0.15) is 5.69 Å². The van der Waals surface area contributed by atoms with E-state index < -0.39 is 0 Å². The van der Waals surface area contributed by atoms with Crippen molar-refractivity contribution in [3.05, 3.63) is 47.7 Å². The van der Waals surface area contributed by atoms with E-state index in [0.717, 1.165) is 16.5 Å². The summed E-state index contributed by atoms with van der Waals surface area (Å²) >= 11 is 0. The maximum absolute atomic E-state index is 12.6. The van der Waals surface area contributed by atoms with Crippen LogP contribution in [-0.4, -0.2) is 13.1 Å². The average Bonchev–Trinajstić information content (AvgIpc) is 2.37. The Morgan fingerprint density at radius 1 is 0.938 bits per heavy atom. The lowest BCUT2D eigenvalue weighted by Gasteiger charge is -2.41. The number of hydrogen-bond donors (Lipinski definition) is 0. The van der Waals surface area contributed by atoms with Crippen molar-refractivity contribution in [1.82, 2.24) is 4.65 Å². The molecule has 16 heavy (non-hydrogen) atoms. The van der Waals surface area contributed by atoms with Gasteiger partial charge in [-0.1, -0.05) is 30.3 Å². The van der Waals surface area contributed by atoms with Gasteiger partial charge in [0, 0.05) is 11.5 Å². The third-order valence-electron chi connectivity index (χ3n) is 3.23. The number of fused-ring (bicyclic) bond motifs is 1. The molecule has 0 saturated heterocycles. The predicted octanol–water partition coefficient (Wildman–Crippen LogP) is 3.68. The Balaban J connectivity index is 2.69. The first-order valence-corrected chi connectivity index (χ1v) is 5.77. The van der Waals surface area contributed by atoms with E-state index in [9.17, 15) is 5.21 Å². The molecule has 0 spiro atoms. The summed E-state index contributed by atoms with van der Waals surface area (Å²) in [5.74, 6) is 0. The quantitative estimate of drug-likeness (QED) is 0.565. The first kappa shape index (κ1) is 11.1. The lowest BCUT2D eigenvalue weighted by molar-refractivity contribution is 0.412. The Labute approximate surface area is 96.3 Å². The Morgan fingerprint density at radius 3 is 2.25 bits per heavy atom. The Morgan fingerprint density at radius 2 is 1.56 bits per heavy atom. The average molecular weight is 215 g/mol. The Hall–Kier alpha value is -1.38. The Bertz CT molecular complexity index is 484. The molecule has 0 atom stereocenters. The maximum Gasteiger partial charge on any atom is 0.140 e. The van der Waals surface area contributed by atoms with Crippen LogP contribution in [0.3, 0.4) is 0 Å². The van der Waals surface area contributed by atoms with E-state index in [2.05, 4.69) is 12.1 Å². The summed E-state index contributed by atoms with van der Waals surface area (Å²) in [7, 11) is 0. The van der Waals surface area contributed by atoms with Gasteiger partial charge >= 0.3 is 0 Å². The largest absolute Gasteiger partial charge is 0.627 e. The van der Waals surface area contributed by atoms with Crippen molar-refractivity contribution < 1.29 is 0 Å². The molecule has 0 aliphatic carbocycles. The lowest BCUT2D eigenvalue weighted by Crippen LogP contribution is -2.42. The molecular formula is C14H17NO. The normalized spacial score (nSPS) is 11.9. The highest BCUT2D eigenvalue weighted by Crippen LogP contribution is 2.30. The zero-order valence-corrected chi connectivity index (χ0v) is 9.81. The molecule has 0 amide bonds. The number of nitrogens with zero attached hydrogens (tertiary/aromatic N) is 1. The van der Waals surface area contributed by atoms with E-state index in [4.69, 9.17) is 0 Å². The first-order valence-electron chi connectivity index (χ1n) is 5.77. The molecule has 0 unspecified atom stereocenters. The smallest absolute Gasteiger partial charge is 0.140 e. The minimum atomic E-state index is -0.249. The van der Waals surface area contributed by atoms with Crippen LogP contribution in [0.1, 0.15) is 13.8 Å². The Kier molecular flexibility index (Phi) is 2.95. The summed E-state index contributed by atoms with van der Waals surface area (Å²) in [6.45, 7) is 5.03. The fourth-order valence-electron chi connectivity index (χ4n) is 2.13. The van der Waals surface area contributed by atoms with Crippen LogP contribution in [0.4, 0.5) is 5.69 Å². The SMILES string of the molecule is CC[N+]([O-])(CC)c1cccc2ccccc12. The highest BCUT2D eigenvalue weighted by Gasteiger charge is 2.18. The molecule has 84 valence electrons. The number of hydroxylamine groups is 2. The van der Waals surface area contributed by atoms with Crippen LogP contribution in [0.15, 0.2) is 42.5 Å². The van der Waals surface area contributed by atoms with Gasteiger partial charge in [0.25, 0.3) is 0 Å². The number of rotatable bonds is 3. The molecule has 2 aromatic carbocycles. The van der Waals surface area contributed by atoms with E-state index in [0.29, 0.717) is 13.1 Å². The van der Waals surface area contributed by atoms with Crippen LogP contribution in [0.25, 0.3) is 10.8 Å². The monoisotopic (exact) mass is 215 g/mol. The fraction of sp³-hybridized carbons (Fsp3) is 0.286. The van der Waals surface area contributed by atoms with Gasteiger partial charge in [0.2, 0.25) is 0 Å². The van der Waals surface area contributed by atoms with Crippen LogP contribution < -0.4 is 4.65 Å². The van der Waals surface area contributed by atoms with E-state index in [-0.39, 0.29) is 4.65 Å². The molecule has 2 nitrogen and oxygen atoms in total. The van der Waals surface area contributed by atoms with Crippen molar-refractivity contribution in [1.29, 1.82) is 0 Å². The third-order valence-corrected chi connectivity index (χ3v) is 3.23. The van der Waals surface area contributed by atoms with Gasteiger partial charge < -0.3 is 9.85 Å². The third kappa shape index (κ3) is 1.70. The number of quaternary nitrogens is 1. The van der Waals surface area contributed by atoms with E-state index in [1.807, 2.05) is 44.2 Å². The second-order valence-corrected chi connectivity index (χ2v) is 4.02. The molecule has 0 aromatic heterocycles. The topological polar surface area (TPSA) is 23.1 Å². The van der Waals surface area contributed by atoms with Crippen molar-refractivity contribution in [2.75, 3.05) is 13.1 Å². The standard InChI is InChI=1S/C14H17NO/c1-3-15(16,4-2)14-11-7-9-12-8-5-6-10-13(12)14/h5-11H,3-4H2,1-2H3. The molecule has 2 rings (SSSR count). The van der Waals surface area contributed by atoms with Crippen LogP contribution in [0.2, 0.25) is 0 Å². The van der Waals surface area contributed by atoms with Crippen LogP contribution in [0.5, 0.6) is 0 Å². The second kappa shape index (κ2) is 4.24. The van der Waals surface area contributed by atoms with Crippen LogP contribution in [0, 0.1) is 5.21 Å². The molecule has 0 saturated carbocycles. The molecule has 0 heterocycles. The van der Waals surface area contributed by atoms with Gasteiger partial charge in [0.05, 0.1) is 13.1 Å². The molecule has 0 aliphatic rings. The summed E-state index contributed by atoms with van der Waals surface area (Å²) in [5.41, 5.74) is 0.878. The maximum atomic E-state index is 12.6. The minimum Gasteiger partial charge on any atom is -0.627 e.